The molecule has 2 N–H and O–H groups in total. The Balaban J connectivity index is 1.85. The van der Waals surface area contributed by atoms with Crippen LogP contribution in [0.4, 0.5) is 0 Å². The summed E-state index contributed by atoms with van der Waals surface area (Å²) in [6.45, 7) is 2.26. The maximum Gasteiger partial charge on any atom is 0.149 e. The van der Waals surface area contributed by atoms with Crippen LogP contribution in [0.3, 0.4) is 0 Å². The molecule has 2 saturated heterocycles. The van der Waals surface area contributed by atoms with Crippen LogP contribution in [-0.4, -0.2) is 37.8 Å². The van der Waals surface area contributed by atoms with E-state index in [1.54, 1.807) is 6.33 Å². The van der Waals surface area contributed by atoms with Crippen molar-refractivity contribution in [3.63, 3.8) is 0 Å². The van der Waals surface area contributed by atoms with Gasteiger partial charge in [-0.2, -0.15) is 0 Å². The van der Waals surface area contributed by atoms with E-state index in [0.29, 0.717) is 24.2 Å². The minimum Gasteiger partial charge on any atom is -0.328 e. The molecule has 18 heavy (non-hydrogen) atoms. The first-order valence-corrected chi connectivity index (χ1v) is 7.03. The van der Waals surface area contributed by atoms with Crippen LogP contribution < -0.4 is 5.73 Å². The average Bonchev–Trinajstić information content (AvgIpc) is 2.73. The average molecular weight is 249 g/mol. The Kier molecular flexibility index (Phi) is 3.11. The highest BCUT2D eigenvalue weighted by atomic mass is 15.3. The Morgan fingerprint density at radius 2 is 2.00 bits per heavy atom. The van der Waals surface area contributed by atoms with Crippen molar-refractivity contribution in [2.45, 2.75) is 63.2 Å². The number of rotatable bonds is 2. The molecule has 2 fully saturated rings. The fourth-order valence-corrected chi connectivity index (χ4v) is 3.90. The highest BCUT2D eigenvalue weighted by molar-refractivity contribution is 5.02. The molecule has 1 aromatic heterocycles. The maximum absolute atomic E-state index is 6.18. The molecule has 0 amide bonds. The normalized spacial score (nSPS) is 34.5. The monoisotopic (exact) mass is 249 g/mol. The molecule has 0 aromatic carbocycles. The Hall–Kier alpha value is -0.940. The lowest BCUT2D eigenvalue weighted by molar-refractivity contribution is -0.00407. The Morgan fingerprint density at radius 3 is 2.56 bits per heavy atom. The third-order valence-corrected chi connectivity index (χ3v) is 4.63. The van der Waals surface area contributed by atoms with Crippen LogP contribution in [0.2, 0.25) is 0 Å². The van der Waals surface area contributed by atoms with Gasteiger partial charge in [-0.1, -0.05) is 6.42 Å². The second-order valence-corrected chi connectivity index (χ2v) is 5.89. The molecule has 0 spiro atoms. The highest BCUT2D eigenvalue weighted by Crippen LogP contribution is 2.38. The van der Waals surface area contributed by atoms with Crippen LogP contribution in [0.25, 0.3) is 0 Å². The van der Waals surface area contributed by atoms with Crippen molar-refractivity contribution in [3.8, 4) is 0 Å². The molecule has 0 aliphatic carbocycles. The van der Waals surface area contributed by atoms with E-state index in [9.17, 15) is 0 Å². The topological polar surface area (TPSA) is 60.0 Å². The van der Waals surface area contributed by atoms with Gasteiger partial charge in [-0.3, -0.25) is 4.90 Å². The van der Waals surface area contributed by atoms with E-state index >= 15 is 0 Å². The van der Waals surface area contributed by atoms with Gasteiger partial charge in [0.15, 0.2) is 0 Å². The first-order chi connectivity index (χ1) is 8.66. The summed E-state index contributed by atoms with van der Waals surface area (Å²) < 4.78 is 2.04. The molecule has 0 saturated carbocycles. The fraction of sp³-hybridized carbons (Fsp3) is 0.846. The molecule has 2 aliphatic rings. The summed E-state index contributed by atoms with van der Waals surface area (Å²) in [6.07, 6.45) is 7.98. The lowest BCUT2D eigenvalue weighted by atomic mass is 9.81. The SMILES string of the molecule is CC(c1nncn1C)N1C2CCCC1CC(N)C2. The predicted molar refractivity (Wildman–Crippen MR) is 69.9 cm³/mol. The standard InChI is InChI=1S/C13H23N5/c1-9(13-16-15-8-17(13)2)18-11-4-3-5-12(18)7-10(14)6-11/h8-12H,3-7,14H2,1-2H3. The molecule has 3 heterocycles. The highest BCUT2D eigenvalue weighted by Gasteiger charge is 2.40. The Morgan fingerprint density at radius 1 is 1.33 bits per heavy atom. The summed E-state index contributed by atoms with van der Waals surface area (Å²) in [4.78, 5) is 2.65. The van der Waals surface area contributed by atoms with E-state index in [4.69, 9.17) is 5.73 Å². The van der Waals surface area contributed by atoms with Crippen molar-refractivity contribution >= 4 is 0 Å². The lowest BCUT2D eigenvalue weighted by Gasteiger charge is -2.50. The van der Waals surface area contributed by atoms with Crippen LogP contribution >= 0.6 is 0 Å². The smallest absolute Gasteiger partial charge is 0.149 e. The van der Waals surface area contributed by atoms with Gasteiger partial charge >= 0.3 is 0 Å². The van der Waals surface area contributed by atoms with Crippen molar-refractivity contribution < 1.29 is 0 Å². The minimum atomic E-state index is 0.348. The van der Waals surface area contributed by atoms with Crippen LogP contribution in [0.15, 0.2) is 6.33 Å². The molecule has 5 heteroatoms. The first-order valence-electron chi connectivity index (χ1n) is 7.03. The van der Waals surface area contributed by atoms with Crippen LogP contribution in [0, 0.1) is 0 Å². The number of piperidine rings is 2. The van der Waals surface area contributed by atoms with Crippen molar-refractivity contribution in [1.82, 2.24) is 19.7 Å². The van der Waals surface area contributed by atoms with Gasteiger partial charge in [0.1, 0.15) is 12.2 Å². The third kappa shape index (κ3) is 1.95. The largest absolute Gasteiger partial charge is 0.328 e. The van der Waals surface area contributed by atoms with E-state index in [0.717, 1.165) is 18.7 Å². The lowest BCUT2D eigenvalue weighted by Crippen LogP contribution is -2.56. The maximum atomic E-state index is 6.18. The number of aryl methyl sites for hydroxylation is 1. The van der Waals surface area contributed by atoms with Crippen LogP contribution in [-0.2, 0) is 7.05 Å². The summed E-state index contributed by atoms with van der Waals surface area (Å²) in [5, 5.41) is 8.29. The third-order valence-electron chi connectivity index (χ3n) is 4.63. The molecule has 1 aromatic rings. The van der Waals surface area contributed by atoms with Gasteiger partial charge < -0.3 is 10.3 Å². The van der Waals surface area contributed by atoms with E-state index in [1.807, 2.05) is 11.6 Å². The molecule has 3 atom stereocenters. The van der Waals surface area contributed by atoms with E-state index in [-0.39, 0.29) is 0 Å². The van der Waals surface area contributed by atoms with Gasteiger partial charge in [0.05, 0.1) is 6.04 Å². The number of hydrogen-bond acceptors (Lipinski definition) is 4. The Bertz CT molecular complexity index is 401. The molecule has 2 aliphatic heterocycles. The summed E-state index contributed by atoms with van der Waals surface area (Å²) in [7, 11) is 2.03. The Labute approximate surface area is 108 Å². The quantitative estimate of drug-likeness (QED) is 0.856. The van der Waals surface area contributed by atoms with E-state index in [1.165, 1.54) is 19.3 Å². The van der Waals surface area contributed by atoms with Crippen molar-refractivity contribution in [1.29, 1.82) is 0 Å². The van der Waals surface area contributed by atoms with Crippen molar-refractivity contribution in [3.05, 3.63) is 12.2 Å². The summed E-state index contributed by atoms with van der Waals surface area (Å²) in [5.74, 6) is 1.07. The molecule has 3 rings (SSSR count). The molecule has 3 unspecified atom stereocenters. The summed E-state index contributed by atoms with van der Waals surface area (Å²) >= 11 is 0. The number of nitrogens with two attached hydrogens (primary N) is 1. The number of nitrogens with zero attached hydrogens (tertiary/aromatic N) is 4. The predicted octanol–water partition coefficient (Wildman–Crippen LogP) is 1.22. The van der Waals surface area contributed by atoms with Crippen LogP contribution in [0.5, 0.6) is 0 Å². The molecular weight excluding hydrogens is 226 g/mol. The second-order valence-electron chi connectivity index (χ2n) is 5.89. The van der Waals surface area contributed by atoms with Gasteiger partial charge in [0.25, 0.3) is 0 Å². The zero-order chi connectivity index (χ0) is 12.7. The van der Waals surface area contributed by atoms with E-state index < -0.39 is 0 Å². The summed E-state index contributed by atoms with van der Waals surface area (Å²) in [6, 6.07) is 2.02. The zero-order valence-electron chi connectivity index (χ0n) is 11.3. The van der Waals surface area contributed by atoms with Gasteiger partial charge in [0, 0.05) is 25.2 Å². The van der Waals surface area contributed by atoms with Crippen molar-refractivity contribution in [2.24, 2.45) is 12.8 Å². The molecule has 2 bridgehead atoms. The molecule has 100 valence electrons. The second kappa shape index (κ2) is 4.63. The van der Waals surface area contributed by atoms with Gasteiger partial charge in [-0.25, -0.2) is 0 Å². The number of fused-ring (bicyclic) bond motifs is 2. The van der Waals surface area contributed by atoms with Gasteiger partial charge in [-0.15, -0.1) is 10.2 Å². The molecule has 5 nitrogen and oxygen atoms in total. The van der Waals surface area contributed by atoms with Gasteiger partial charge in [0.2, 0.25) is 0 Å². The minimum absolute atomic E-state index is 0.348. The first kappa shape index (κ1) is 12.1. The van der Waals surface area contributed by atoms with Gasteiger partial charge in [-0.05, 0) is 32.6 Å². The zero-order valence-corrected chi connectivity index (χ0v) is 11.3. The number of hydrogen-bond donors (Lipinski definition) is 1. The van der Waals surface area contributed by atoms with E-state index in [2.05, 4.69) is 22.0 Å². The summed E-state index contributed by atoms with van der Waals surface area (Å²) in [5.41, 5.74) is 6.18. The molecule has 0 radical (unpaired) electrons. The number of aromatic nitrogens is 3. The molecular formula is C13H23N5. The van der Waals surface area contributed by atoms with Crippen LogP contribution in [0.1, 0.15) is 50.9 Å². The fourth-order valence-electron chi connectivity index (χ4n) is 3.90. The van der Waals surface area contributed by atoms with Crippen molar-refractivity contribution in [2.75, 3.05) is 0 Å².